The Bertz CT molecular complexity index is 744. The first kappa shape index (κ1) is 20.3. The van der Waals surface area contributed by atoms with E-state index in [1.165, 1.54) is 11.0 Å². The van der Waals surface area contributed by atoms with E-state index in [1.54, 1.807) is 38.0 Å². The van der Waals surface area contributed by atoms with Gasteiger partial charge < -0.3 is 20.2 Å². The van der Waals surface area contributed by atoms with Crippen LogP contribution in [0.2, 0.25) is 0 Å². The van der Waals surface area contributed by atoms with Gasteiger partial charge in [0, 0.05) is 19.6 Å². The number of nitrogens with zero attached hydrogens (tertiary/aromatic N) is 3. The minimum absolute atomic E-state index is 0.229. The van der Waals surface area contributed by atoms with Crippen molar-refractivity contribution in [2.24, 2.45) is 11.1 Å². The summed E-state index contributed by atoms with van der Waals surface area (Å²) in [6.45, 7) is 7.96. The maximum atomic E-state index is 14.7. The zero-order chi connectivity index (χ0) is 20.5. The van der Waals surface area contributed by atoms with Crippen molar-refractivity contribution in [1.29, 1.82) is 0 Å². The van der Waals surface area contributed by atoms with Gasteiger partial charge in [0.1, 0.15) is 11.9 Å². The van der Waals surface area contributed by atoms with E-state index in [0.29, 0.717) is 44.1 Å². The summed E-state index contributed by atoms with van der Waals surface area (Å²) >= 11 is 0. The van der Waals surface area contributed by atoms with Gasteiger partial charge in [-0.05, 0) is 39.0 Å². The monoisotopic (exact) mass is 394 g/mol. The van der Waals surface area contributed by atoms with Gasteiger partial charge in [0.15, 0.2) is 0 Å². The maximum absolute atomic E-state index is 14.7. The lowest BCUT2D eigenvalue weighted by Gasteiger charge is -2.36. The molecule has 9 heteroatoms. The van der Waals surface area contributed by atoms with Crippen LogP contribution in [0.4, 0.5) is 20.6 Å². The van der Waals surface area contributed by atoms with Crippen LogP contribution in [-0.2, 0) is 14.4 Å². The number of hydroxylamine groups is 2. The number of hydrogen-bond donors (Lipinski definition) is 1. The average Bonchev–Trinajstić information content (AvgIpc) is 3.02. The average molecular weight is 394 g/mol. The number of ether oxygens (including phenoxy) is 1. The molecule has 0 saturated carbocycles. The fraction of sp³-hybridized carbons (Fsp3) is 0.579. The number of cyclic esters (lactones) is 1. The highest BCUT2D eigenvalue weighted by atomic mass is 19.1. The molecule has 3 rings (SSSR count). The first-order valence-corrected chi connectivity index (χ1v) is 9.39. The minimum Gasteiger partial charge on any atom is -0.443 e. The van der Waals surface area contributed by atoms with Crippen molar-refractivity contribution in [3.8, 4) is 0 Å². The molecule has 2 fully saturated rings. The molecule has 0 bridgehead atoms. The number of nitrogens with two attached hydrogens (primary N) is 1. The molecule has 2 N–H and O–H groups in total. The Morgan fingerprint density at radius 3 is 2.50 bits per heavy atom. The van der Waals surface area contributed by atoms with Gasteiger partial charge in [0.2, 0.25) is 0 Å². The van der Waals surface area contributed by atoms with Crippen LogP contribution in [0.25, 0.3) is 0 Å². The van der Waals surface area contributed by atoms with Gasteiger partial charge in [-0.3, -0.25) is 4.90 Å². The van der Waals surface area contributed by atoms with Crippen molar-refractivity contribution in [3.05, 3.63) is 24.0 Å². The second-order valence-corrected chi connectivity index (χ2v) is 8.03. The Hall–Kier alpha value is -2.39. The van der Waals surface area contributed by atoms with Crippen molar-refractivity contribution in [1.82, 2.24) is 5.06 Å². The summed E-state index contributed by atoms with van der Waals surface area (Å²) in [6, 6.07) is 4.69. The minimum atomic E-state index is -0.571. The van der Waals surface area contributed by atoms with Crippen molar-refractivity contribution >= 4 is 23.4 Å². The number of anilines is 2. The molecule has 2 aliphatic rings. The van der Waals surface area contributed by atoms with Crippen LogP contribution in [0.3, 0.4) is 0 Å². The van der Waals surface area contributed by atoms with Gasteiger partial charge in [0.25, 0.3) is 0 Å². The standard InChI is InChI=1S/C19H27FN4O4/c1-19(2,3)17(25)28-23-8-6-22(7-9-23)16-5-4-13(10-15(16)20)24-12-14(11-21)27-18(24)26/h4-5,10,14H,6-9,11-12,21H2,1-3H3/t14-/m0/s1. The lowest BCUT2D eigenvalue weighted by molar-refractivity contribution is -0.201. The van der Waals surface area contributed by atoms with Gasteiger partial charge in [0.05, 0.1) is 36.4 Å². The number of piperazine rings is 1. The molecule has 2 aliphatic heterocycles. The Labute approximate surface area is 163 Å². The SMILES string of the molecule is CC(C)(C)C(=O)ON1CCN(c2ccc(N3C[C@H](CN)OC3=O)cc2F)CC1. The van der Waals surface area contributed by atoms with Crippen LogP contribution >= 0.6 is 0 Å². The van der Waals surface area contributed by atoms with Gasteiger partial charge >= 0.3 is 12.1 Å². The maximum Gasteiger partial charge on any atom is 0.414 e. The first-order chi connectivity index (χ1) is 13.2. The van der Waals surface area contributed by atoms with Crippen LogP contribution in [-0.4, -0.2) is 62.5 Å². The third-order valence-electron chi connectivity index (χ3n) is 4.78. The van der Waals surface area contributed by atoms with Crippen molar-refractivity contribution in [3.63, 3.8) is 0 Å². The Balaban J connectivity index is 1.61. The lowest BCUT2D eigenvalue weighted by atomic mass is 9.98. The third kappa shape index (κ3) is 4.36. The topological polar surface area (TPSA) is 88.3 Å². The third-order valence-corrected chi connectivity index (χ3v) is 4.78. The van der Waals surface area contributed by atoms with Crippen LogP contribution in [0.5, 0.6) is 0 Å². The summed E-state index contributed by atoms with van der Waals surface area (Å²) in [5, 5.41) is 1.61. The highest BCUT2D eigenvalue weighted by Crippen LogP contribution is 2.28. The van der Waals surface area contributed by atoms with Gasteiger partial charge in [-0.2, -0.15) is 0 Å². The Kier molecular flexibility index (Phi) is 5.76. The van der Waals surface area contributed by atoms with E-state index in [2.05, 4.69) is 0 Å². The van der Waals surface area contributed by atoms with Crippen molar-refractivity contribution in [2.75, 3.05) is 49.1 Å². The predicted molar refractivity (Wildman–Crippen MR) is 102 cm³/mol. The second-order valence-electron chi connectivity index (χ2n) is 8.03. The fourth-order valence-corrected chi connectivity index (χ4v) is 3.05. The lowest BCUT2D eigenvalue weighted by Crippen LogP contribution is -2.48. The van der Waals surface area contributed by atoms with Gasteiger partial charge in [-0.15, -0.1) is 5.06 Å². The number of halogens is 1. The number of amides is 1. The van der Waals surface area contributed by atoms with E-state index in [9.17, 15) is 14.0 Å². The fourth-order valence-electron chi connectivity index (χ4n) is 3.05. The summed E-state index contributed by atoms with van der Waals surface area (Å²) in [6.07, 6.45) is -0.893. The molecule has 1 amide bonds. The van der Waals surface area contributed by atoms with E-state index in [0.717, 1.165) is 0 Å². The van der Waals surface area contributed by atoms with E-state index < -0.39 is 17.3 Å². The molecule has 154 valence electrons. The normalized spacial score (nSPS) is 21.0. The smallest absolute Gasteiger partial charge is 0.414 e. The number of carbonyl (C=O) groups excluding carboxylic acids is 2. The molecule has 2 heterocycles. The number of carbonyl (C=O) groups is 2. The molecule has 0 spiro atoms. The van der Waals surface area contributed by atoms with E-state index >= 15 is 0 Å². The Morgan fingerprint density at radius 1 is 1.29 bits per heavy atom. The summed E-state index contributed by atoms with van der Waals surface area (Å²) in [5.41, 5.74) is 5.86. The van der Waals surface area contributed by atoms with Gasteiger partial charge in [-0.1, -0.05) is 0 Å². The van der Waals surface area contributed by atoms with Crippen LogP contribution in [0.15, 0.2) is 18.2 Å². The predicted octanol–water partition coefficient (Wildman–Crippen LogP) is 1.74. The summed E-state index contributed by atoms with van der Waals surface area (Å²) < 4.78 is 19.8. The quantitative estimate of drug-likeness (QED) is 0.832. The molecule has 0 aliphatic carbocycles. The van der Waals surface area contributed by atoms with Crippen LogP contribution < -0.4 is 15.5 Å². The van der Waals surface area contributed by atoms with Gasteiger partial charge in [-0.25, -0.2) is 14.0 Å². The zero-order valence-electron chi connectivity index (χ0n) is 16.5. The van der Waals surface area contributed by atoms with Crippen LogP contribution in [0, 0.1) is 11.2 Å². The molecule has 0 radical (unpaired) electrons. The first-order valence-electron chi connectivity index (χ1n) is 9.39. The van der Waals surface area contributed by atoms with E-state index in [4.69, 9.17) is 15.3 Å². The summed E-state index contributed by atoms with van der Waals surface area (Å²) in [7, 11) is 0. The summed E-state index contributed by atoms with van der Waals surface area (Å²) in [5.74, 6) is -0.702. The highest BCUT2D eigenvalue weighted by Gasteiger charge is 2.32. The van der Waals surface area contributed by atoms with Crippen molar-refractivity contribution < 1.29 is 23.6 Å². The molecular formula is C19H27FN4O4. The molecule has 8 nitrogen and oxygen atoms in total. The molecular weight excluding hydrogens is 367 g/mol. The number of benzene rings is 1. The number of rotatable bonds is 4. The van der Waals surface area contributed by atoms with E-state index in [-0.39, 0.29) is 18.6 Å². The molecule has 1 atom stereocenters. The highest BCUT2D eigenvalue weighted by molar-refractivity contribution is 5.90. The molecule has 0 aromatic heterocycles. The van der Waals surface area contributed by atoms with E-state index in [1.807, 2.05) is 4.90 Å². The molecule has 1 aromatic carbocycles. The largest absolute Gasteiger partial charge is 0.443 e. The number of hydrogen-bond acceptors (Lipinski definition) is 7. The Morgan fingerprint density at radius 2 is 1.96 bits per heavy atom. The molecule has 28 heavy (non-hydrogen) atoms. The molecule has 2 saturated heterocycles. The zero-order valence-corrected chi connectivity index (χ0v) is 16.5. The molecule has 0 unspecified atom stereocenters. The second kappa shape index (κ2) is 7.92. The van der Waals surface area contributed by atoms with Crippen molar-refractivity contribution in [2.45, 2.75) is 26.9 Å². The van der Waals surface area contributed by atoms with Crippen LogP contribution in [0.1, 0.15) is 20.8 Å². The molecule has 1 aromatic rings. The summed E-state index contributed by atoms with van der Waals surface area (Å²) in [4.78, 5) is 32.6.